The number of ether oxygens (including phenoxy) is 3. The highest BCUT2D eigenvalue weighted by molar-refractivity contribution is 5.39. The van der Waals surface area contributed by atoms with Gasteiger partial charge in [0.1, 0.15) is 24.4 Å². The highest BCUT2D eigenvalue weighted by Gasteiger charge is 2.62. The Kier molecular flexibility index (Phi) is 6.52. The van der Waals surface area contributed by atoms with Crippen molar-refractivity contribution in [3.05, 3.63) is 11.1 Å². The summed E-state index contributed by atoms with van der Waals surface area (Å²) in [5.74, 6) is -0.613. The third kappa shape index (κ3) is 3.48. The lowest BCUT2D eigenvalue weighted by Crippen LogP contribution is -2.59. The summed E-state index contributed by atoms with van der Waals surface area (Å²) in [4.78, 5) is 0. The lowest BCUT2D eigenvalue weighted by molar-refractivity contribution is -0.305. The van der Waals surface area contributed by atoms with Crippen LogP contribution in [0.2, 0.25) is 0 Å². The van der Waals surface area contributed by atoms with Crippen LogP contribution >= 0.6 is 0 Å². The van der Waals surface area contributed by atoms with Crippen LogP contribution in [0.4, 0.5) is 0 Å². The molecule has 3 fully saturated rings. The molecule has 0 aromatic carbocycles. The van der Waals surface area contributed by atoms with Crippen LogP contribution in [0.25, 0.3) is 0 Å². The number of fused-ring (bicyclic) bond motifs is 3. The van der Waals surface area contributed by atoms with Gasteiger partial charge in [-0.1, -0.05) is 19.4 Å². The zero-order valence-electron chi connectivity index (χ0n) is 17.7. The molecule has 0 radical (unpaired) electrons. The zero-order chi connectivity index (χ0) is 22.7. The smallest absolute Gasteiger partial charge is 0.186 e. The fourth-order valence-electron chi connectivity index (χ4n) is 6.04. The van der Waals surface area contributed by atoms with Crippen molar-refractivity contribution >= 4 is 0 Å². The first kappa shape index (κ1) is 23.5. The second-order valence-electron chi connectivity index (χ2n) is 9.57. The quantitative estimate of drug-likeness (QED) is 0.223. The van der Waals surface area contributed by atoms with Gasteiger partial charge in [-0.05, 0) is 30.3 Å². The summed E-state index contributed by atoms with van der Waals surface area (Å²) in [5.41, 5.74) is 0.945. The Hall–Kier alpha value is -0.660. The summed E-state index contributed by atoms with van der Waals surface area (Å²) >= 11 is 0. The van der Waals surface area contributed by atoms with Crippen LogP contribution in [-0.2, 0) is 14.2 Å². The first-order valence-electron chi connectivity index (χ1n) is 10.9. The van der Waals surface area contributed by atoms with Crippen LogP contribution in [0.15, 0.2) is 11.1 Å². The SMILES string of the molecule is CC(CO)[C@H]1C2=C3CC[C@@H](COC4OC(CO)C(O)C(O)C4O)[C@]3(C)[C@H](O)C1OC2O. The van der Waals surface area contributed by atoms with Crippen molar-refractivity contribution in [3.8, 4) is 0 Å². The Morgan fingerprint density at radius 1 is 1.06 bits per heavy atom. The van der Waals surface area contributed by atoms with Gasteiger partial charge in [-0.3, -0.25) is 0 Å². The Bertz CT molecular complexity index is 698. The average molecular weight is 446 g/mol. The van der Waals surface area contributed by atoms with Crippen LogP contribution in [0.1, 0.15) is 26.7 Å². The van der Waals surface area contributed by atoms with Crippen molar-refractivity contribution in [2.75, 3.05) is 19.8 Å². The van der Waals surface area contributed by atoms with E-state index in [1.165, 1.54) is 0 Å². The summed E-state index contributed by atoms with van der Waals surface area (Å²) in [6, 6.07) is 0. The molecule has 7 N–H and O–H groups in total. The first-order chi connectivity index (χ1) is 14.7. The number of hydrogen-bond acceptors (Lipinski definition) is 10. The normalized spacial score (nSPS) is 50.6. The Labute approximate surface area is 180 Å². The summed E-state index contributed by atoms with van der Waals surface area (Å²) in [5, 5.41) is 70.9. The predicted molar refractivity (Wildman–Crippen MR) is 104 cm³/mol. The minimum Gasteiger partial charge on any atom is -0.396 e. The molecule has 2 aliphatic heterocycles. The van der Waals surface area contributed by atoms with Crippen molar-refractivity contribution in [1.29, 1.82) is 0 Å². The lowest BCUT2D eigenvalue weighted by atomic mass is 9.61. The van der Waals surface area contributed by atoms with Crippen molar-refractivity contribution < 1.29 is 50.0 Å². The molecule has 10 heteroatoms. The van der Waals surface area contributed by atoms with E-state index in [4.69, 9.17) is 14.2 Å². The molecule has 0 amide bonds. The van der Waals surface area contributed by atoms with Crippen molar-refractivity contribution in [2.45, 2.75) is 75.9 Å². The van der Waals surface area contributed by atoms with Gasteiger partial charge in [0, 0.05) is 17.9 Å². The van der Waals surface area contributed by atoms with Gasteiger partial charge in [0.25, 0.3) is 0 Å². The number of rotatable bonds is 6. The summed E-state index contributed by atoms with van der Waals surface area (Å²) in [6.07, 6.45) is -8.14. The second-order valence-corrected chi connectivity index (χ2v) is 9.57. The van der Waals surface area contributed by atoms with Gasteiger partial charge >= 0.3 is 0 Å². The van der Waals surface area contributed by atoms with E-state index in [2.05, 4.69) is 0 Å². The van der Waals surface area contributed by atoms with E-state index in [1.807, 2.05) is 13.8 Å². The predicted octanol–water partition coefficient (Wildman–Crippen LogP) is -2.15. The van der Waals surface area contributed by atoms with Gasteiger partial charge in [-0.25, -0.2) is 0 Å². The zero-order valence-corrected chi connectivity index (χ0v) is 17.7. The third-order valence-corrected chi connectivity index (χ3v) is 7.99. The Morgan fingerprint density at radius 2 is 1.77 bits per heavy atom. The highest BCUT2D eigenvalue weighted by Crippen LogP contribution is 2.60. The van der Waals surface area contributed by atoms with Crippen molar-refractivity contribution in [2.24, 2.45) is 23.2 Å². The second kappa shape index (κ2) is 8.60. The molecule has 2 aliphatic carbocycles. The topological polar surface area (TPSA) is 169 Å². The maximum atomic E-state index is 11.3. The molecule has 178 valence electrons. The van der Waals surface area contributed by atoms with E-state index in [9.17, 15) is 35.7 Å². The van der Waals surface area contributed by atoms with Gasteiger partial charge in [-0.2, -0.15) is 0 Å². The van der Waals surface area contributed by atoms with E-state index in [1.54, 1.807) is 0 Å². The Morgan fingerprint density at radius 3 is 2.42 bits per heavy atom. The minimum atomic E-state index is -1.52. The molecule has 4 rings (SSSR count). The van der Waals surface area contributed by atoms with Crippen LogP contribution in [0.3, 0.4) is 0 Å². The van der Waals surface area contributed by atoms with Gasteiger partial charge in [0.2, 0.25) is 0 Å². The van der Waals surface area contributed by atoms with Gasteiger partial charge in [0.15, 0.2) is 12.6 Å². The molecule has 0 aromatic heterocycles. The summed E-state index contributed by atoms with van der Waals surface area (Å²) in [6.45, 7) is 3.25. The van der Waals surface area contributed by atoms with Crippen molar-refractivity contribution in [3.63, 3.8) is 0 Å². The molecule has 0 spiro atoms. The molecule has 2 heterocycles. The average Bonchev–Trinajstić information content (AvgIpc) is 3.25. The number of aliphatic hydroxyl groups excluding tert-OH is 7. The molecule has 1 saturated carbocycles. The first-order valence-corrected chi connectivity index (χ1v) is 10.9. The fourth-order valence-corrected chi connectivity index (χ4v) is 6.04. The molecule has 2 saturated heterocycles. The third-order valence-electron chi connectivity index (χ3n) is 7.99. The van der Waals surface area contributed by atoms with Crippen LogP contribution in [-0.4, -0.2) is 105 Å². The number of hydrogen-bond donors (Lipinski definition) is 7. The van der Waals surface area contributed by atoms with Crippen LogP contribution in [0.5, 0.6) is 0 Å². The highest BCUT2D eigenvalue weighted by atomic mass is 16.7. The summed E-state index contributed by atoms with van der Waals surface area (Å²) in [7, 11) is 0. The maximum Gasteiger partial charge on any atom is 0.186 e. The maximum absolute atomic E-state index is 11.3. The molecule has 4 aliphatic rings. The standard InChI is InChI=1S/C21H34O10/c1-8(5-22)12-13-10-4-3-9(21(10,2)18(27)17(12)31-19(13)28)7-29-20-16(26)15(25)14(24)11(6-23)30-20/h8-9,11-12,14-20,22-28H,3-7H2,1-2H3/t8?,9-,11?,12-,14?,15?,16?,17?,18+,19?,20?,21-/m0/s1. The molecular weight excluding hydrogens is 412 g/mol. The molecule has 2 bridgehead atoms. The van der Waals surface area contributed by atoms with Gasteiger partial charge in [-0.15, -0.1) is 0 Å². The monoisotopic (exact) mass is 446 g/mol. The van der Waals surface area contributed by atoms with Crippen LogP contribution in [0, 0.1) is 23.2 Å². The van der Waals surface area contributed by atoms with E-state index in [0.29, 0.717) is 12.8 Å². The molecule has 10 nitrogen and oxygen atoms in total. The molecule has 31 heavy (non-hydrogen) atoms. The summed E-state index contributed by atoms with van der Waals surface area (Å²) < 4.78 is 16.9. The molecule has 12 atom stereocenters. The van der Waals surface area contributed by atoms with E-state index in [0.717, 1.165) is 11.1 Å². The fraction of sp³-hybridized carbons (Fsp3) is 0.905. The van der Waals surface area contributed by atoms with E-state index >= 15 is 0 Å². The molecule has 0 aromatic rings. The van der Waals surface area contributed by atoms with Crippen molar-refractivity contribution in [1.82, 2.24) is 0 Å². The van der Waals surface area contributed by atoms with E-state index in [-0.39, 0.29) is 31.0 Å². The van der Waals surface area contributed by atoms with Gasteiger partial charge in [0.05, 0.1) is 25.4 Å². The molecule has 8 unspecified atom stereocenters. The number of aliphatic hydroxyl groups is 7. The largest absolute Gasteiger partial charge is 0.396 e. The van der Waals surface area contributed by atoms with Crippen LogP contribution < -0.4 is 0 Å². The molecular formula is C21H34O10. The minimum absolute atomic E-state index is 0.0822. The lowest BCUT2D eigenvalue weighted by Gasteiger charge is -2.46. The Balaban J connectivity index is 1.54. The van der Waals surface area contributed by atoms with E-state index < -0.39 is 61.2 Å². The van der Waals surface area contributed by atoms with Gasteiger partial charge < -0.3 is 50.0 Å².